The number of ether oxygens (including phenoxy) is 1. The third kappa shape index (κ3) is 3.43. The number of rotatable bonds is 6. The molecule has 0 saturated carbocycles. The van der Waals surface area contributed by atoms with Gasteiger partial charge in [0.05, 0.1) is 25.0 Å². The minimum absolute atomic E-state index is 0.588. The van der Waals surface area contributed by atoms with Crippen molar-refractivity contribution in [3.05, 3.63) is 35.8 Å². The lowest BCUT2D eigenvalue weighted by Gasteiger charge is -2.02. The fraction of sp³-hybridized carbons (Fsp3) is 0.417. The van der Waals surface area contributed by atoms with Crippen LogP contribution in [-0.4, -0.2) is 33.0 Å². The fourth-order valence-electron chi connectivity index (χ4n) is 1.60. The number of alkyl halides is 1. The topological polar surface area (TPSA) is 52.8 Å². The van der Waals surface area contributed by atoms with Crippen LogP contribution in [0.15, 0.2) is 24.4 Å². The second kappa shape index (κ2) is 6.35. The Morgan fingerprint density at radius 3 is 3.00 bits per heavy atom. The van der Waals surface area contributed by atoms with Gasteiger partial charge >= 0.3 is 0 Å². The fourth-order valence-corrected chi connectivity index (χ4v) is 1.74. The maximum Gasteiger partial charge on any atom is 0.213 e. The minimum Gasteiger partial charge on any atom is -0.481 e. The normalized spacial score (nSPS) is 10.6. The van der Waals surface area contributed by atoms with Crippen molar-refractivity contribution in [1.29, 1.82) is 0 Å². The number of hydrogen-bond acceptors (Lipinski definition) is 4. The summed E-state index contributed by atoms with van der Waals surface area (Å²) in [6, 6.07) is 5.66. The van der Waals surface area contributed by atoms with Crippen molar-refractivity contribution >= 4 is 11.6 Å². The number of pyridine rings is 1. The van der Waals surface area contributed by atoms with Crippen molar-refractivity contribution < 1.29 is 4.74 Å². The van der Waals surface area contributed by atoms with Crippen LogP contribution in [0.1, 0.15) is 17.8 Å². The Morgan fingerprint density at radius 1 is 1.33 bits per heavy atom. The lowest BCUT2D eigenvalue weighted by atomic mass is 10.3. The van der Waals surface area contributed by atoms with E-state index in [1.807, 2.05) is 24.4 Å². The van der Waals surface area contributed by atoms with Gasteiger partial charge in [0.1, 0.15) is 0 Å². The van der Waals surface area contributed by atoms with Crippen LogP contribution in [-0.2, 0) is 13.0 Å². The number of halogens is 1. The first-order chi connectivity index (χ1) is 8.81. The van der Waals surface area contributed by atoms with E-state index in [1.54, 1.807) is 11.8 Å². The summed E-state index contributed by atoms with van der Waals surface area (Å²) >= 11 is 5.64. The van der Waals surface area contributed by atoms with Gasteiger partial charge in [-0.15, -0.1) is 16.7 Å². The van der Waals surface area contributed by atoms with Crippen LogP contribution in [0, 0.1) is 0 Å². The average molecular weight is 267 g/mol. The van der Waals surface area contributed by atoms with Crippen LogP contribution in [0.3, 0.4) is 0 Å². The smallest absolute Gasteiger partial charge is 0.213 e. The molecule has 0 aliphatic rings. The van der Waals surface area contributed by atoms with Crippen molar-refractivity contribution in [1.82, 2.24) is 20.0 Å². The van der Waals surface area contributed by atoms with Crippen molar-refractivity contribution in [3.8, 4) is 5.88 Å². The molecule has 0 radical (unpaired) electrons. The molecule has 0 aliphatic carbocycles. The maximum atomic E-state index is 5.64. The van der Waals surface area contributed by atoms with E-state index in [-0.39, 0.29) is 0 Å². The summed E-state index contributed by atoms with van der Waals surface area (Å²) in [5, 5.41) is 8.15. The van der Waals surface area contributed by atoms with Gasteiger partial charge in [0.25, 0.3) is 0 Å². The molecule has 96 valence electrons. The van der Waals surface area contributed by atoms with Crippen LogP contribution < -0.4 is 4.74 Å². The Balaban J connectivity index is 2.01. The summed E-state index contributed by atoms with van der Waals surface area (Å²) in [7, 11) is 1.60. The van der Waals surface area contributed by atoms with E-state index in [9.17, 15) is 0 Å². The van der Waals surface area contributed by atoms with Gasteiger partial charge in [0, 0.05) is 18.1 Å². The van der Waals surface area contributed by atoms with Crippen LogP contribution in [0.5, 0.6) is 5.88 Å². The molecular formula is C12H15ClN4O. The zero-order valence-electron chi connectivity index (χ0n) is 10.2. The van der Waals surface area contributed by atoms with Crippen molar-refractivity contribution in [2.75, 3.05) is 13.0 Å². The molecule has 2 aromatic heterocycles. The molecule has 0 unspecified atom stereocenters. The minimum atomic E-state index is 0.588. The molecule has 18 heavy (non-hydrogen) atoms. The quantitative estimate of drug-likeness (QED) is 0.750. The van der Waals surface area contributed by atoms with E-state index < -0.39 is 0 Å². The molecule has 2 heterocycles. The zero-order chi connectivity index (χ0) is 12.8. The highest BCUT2D eigenvalue weighted by molar-refractivity contribution is 6.17. The van der Waals surface area contributed by atoms with E-state index in [0.29, 0.717) is 18.3 Å². The number of nitrogens with zero attached hydrogens (tertiary/aromatic N) is 4. The van der Waals surface area contributed by atoms with Crippen LogP contribution in [0.25, 0.3) is 0 Å². The summed E-state index contributed by atoms with van der Waals surface area (Å²) in [5.74, 6) is 1.25. The standard InChI is InChI=1S/C12H15ClN4O/c1-18-12-6-2-4-10(14-12)8-17-9-11(15-16-17)5-3-7-13/h2,4,6,9H,3,5,7-8H2,1H3. The number of hydrogen-bond donors (Lipinski definition) is 0. The molecule has 0 saturated heterocycles. The monoisotopic (exact) mass is 266 g/mol. The van der Waals surface area contributed by atoms with E-state index >= 15 is 0 Å². The third-order valence-electron chi connectivity index (χ3n) is 2.47. The van der Waals surface area contributed by atoms with Crippen LogP contribution in [0.2, 0.25) is 0 Å². The Bertz CT molecular complexity index is 500. The van der Waals surface area contributed by atoms with Gasteiger partial charge < -0.3 is 4.74 Å². The maximum absolute atomic E-state index is 5.64. The number of methoxy groups -OCH3 is 1. The summed E-state index contributed by atoms with van der Waals surface area (Å²) in [5.41, 5.74) is 1.85. The van der Waals surface area contributed by atoms with Gasteiger partial charge in [-0.05, 0) is 18.9 Å². The van der Waals surface area contributed by atoms with E-state index in [2.05, 4.69) is 15.3 Å². The molecule has 0 spiro atoms. The number of aromatic nitrogens is 4. The van der Waals surface area contributed by atoms with Gasteiger partial charge in [0.2, 0.25) is 5.88 Å². The molecule has 2 rings (SSSR count). The highest BCUT2D eigenvalue weighted by Gasteiger charge is 2.03. The van der Waals surface area contributed by atoms with Gasteiger partial charge in [-0.1, -0.05) is 11.3 Å². The largest absolute Gasteiger partial charge is 0.481 e. The predicted molar refractivity (Wildman–Crippen MR) is 69.0 cm³/mol. The molecule has 5 nitrogen and oxygen atoms in total. The first-order valence-corrected chi connectivity index (χ1v) is 6.30. The van der Waals surface area contributed by atoms with E-state index in [0.717, 1.165) is 24.2 Å². The Hall–Kier alpha value is -1.62. The summed E-state index contributed by atoms with van der Waals surface area (Å²) < 4.78 is 6.85. The molecule has 6 heteroatoms. The summed E-state index contributed by atoms with van der Waals surface area (Å²) in [6.07, 6.45) is 3.69. The molecule has 0 atom stereocenters. The lowest BCUT2D eigenvalue weighted by molar-refractivity contribution is 0.395. The first-order valence-electron chi connectivity index (χ1n) is 5.76. The predicted octanol–water partition coefficient (Wildman–Crippen LogP) is 1.90. The Morgan fingerprint density at radius 2 is 2.22 bits per heavy atom. The molecule has 2 aromatic rings. The Labute approximate surface area is 111 Å². The first kappa shape index (κ1) is 12.8. The molecule has 0 aliphatic heterocycles. The van der Waals surface area contributed by atoms with Crippen LogP contribution in [0.4, 0.5) is 0 Å². The van der Waals surface area contributed by atoms with Crippen molar-refractivity contribution in [3.63, 3.8) is 0 Å². The second-order valence-electron chi connectivity index (χ2n) is 3.87. The zero-order valence-corrected chi connectivity index (χ0v) is 11.0. The van der Waals surface area contributed by atoms with Crippen LogP contribution >= 0.6 is 11.6 Å². The van der Waals surface area contributed by atoms with E-state index in [4.69, 9.17) is 16.3 Å². The number of aryl methyl sites for hydroxylation is 1. The molecule has 0 bridgehead atoms. The molecule has 0 fully saturated rings. The van der Waals surface area contributed by atoms with Crippen molar-refractivity contribution in [2.45, 2.75) is 19.4 Å². The molecule has 0 aromatic carbocycles. The highest BCUT2D eigenvalue weighted by atomic mass is 35.5. The summed E-state index contributed by atoms with van der Waals surface area (Å²) in [6.45, 7) is 0.588. The molecule has 0 amide bonds. The van der Waals surface area contributed by atoms with Gasteiger partial charge in [0.15, 0.2) is 0 Å². The van der Waals surface area contributed by atoms with Gasteiger partial charge in [-0.2, -0.15) is 0 Å². The third-order valence-corrected chi connectivity index (χ3v) is 2.73. The molecular weight excluding hydrogens is 252 g/mol. The van der Waals surface area contributed by atoms with E-state index in [1.165, 1.54) is 0 Å². The van der Waals surface area contributed by atoms with Gasteiger partial charge in [-0.25, -0.2) is 9.67 Å². The lowest BCUT2D eigenvalue weighted by Crippen LogP contribution is -2.03. The van der Waals surface area contributed by atoms with Gasteiger partial charge in [-0.3, -0.25) is 0 Å². The average Bonchev–Trinajstić information content (AvgIpc) is 2.84. The van der Waals surface area contributed by atoms with Crippen molar-refractivity contribution in [2.24, 2.45) is 0 Å². The molecule has 0 N–H and O–H groups in total. The SMILES string of the molecule is COc1cccc(Cn2cc(CCCCl)nn2)n1. The highest BCUT2D eigenvalue weighted by Crippen LogP contribution is 2.08. The summed E-state index contributed by atoms with van der Waals surface area (Å²) in [4.78, 5) is 4.33. The Kier molecular flexibility index (Phi) is 4.52. The second-order valence-corrected chi connectivity index (χ2v) is 4.25.